The average Bonchev–Trinajstić information content (AvgIpc) is 2.85. The minimum absolute atomic E-state index is 0.808. The highest BCUT2D eigenvalue weighted by molar-refractivity contribution is 4.87. The Hall–Kier alpha value is -0.120. The summed E-state index contributed by atoms with van der Waals surface area (Å²) in [4.78, 5) is 5.43. The molecule has 0 aromatic rings. The lowest BCUT2D eigenvalue weighted by molar-refractivity contribution is 0.220. The minimum atomic E-state index is 0.808. The van der Waals surface area contributed by atoms with Crippen molar-refractivity contribution in [2.24, 2.45) is 5.92 Å². The first-order valence-electron chi connectivity index (χ1n) is 8.01. The molecule has 104 valence electrons. The van der Waals surface area contributed by atoms with Crippen LogP contribution in [0.5, 0.6) is 0 Å². The van der Waals surface area contributed by atoms with Crippen molar-refractivity contribution in [2.45, 2.75) is 51.1 Å². The Balaban J connectivity index is 1.35. The van der Waals surface area contributed by atoms with Crippen LogP contribution >= 0.6 is 0 Å². The molecule has 1 saturated carbocycles. The zero-order chi connectivity index (χ0) is 12.4. The molecule has 2 unspecified atom stereocenters. The summed E-state index contributed by atoms with van der Waals surface area (Å²) in [6, 6.07) is 1.74. The predicted octanol–water partition coefficient (Wildman–Crippen LogP) is 1.54. The topological polar surface area (TPSA) is 18.5 Å². The van der Waals surface area contributed by atoms with Gasteiger partial charge < -0.3 is 10.2 Å². The van der Waals surface area contributed by atoms with Gasteiger partial charge in [-0.25, -0.2) is 0 Å². The van der Waals surface area contributed by atoms with E-state index in [-0.39, 0.29) is 0 Å². The highest BCUT2D eigenvalue weighted by Gasteiger charge is 2.29. The third-order valence-electron chi connectivity index (χ3n) is 4.81. The van der Waals surface area contributed by atoms with Gasteiger partial charge in [0.2, 0.25) is 0 Å². The first-order chi connectivity index (χ1) is 8.81. The summed E-state index contributed by atoms with van der Waals surface area (Å²) in [6.07, 6.45) is 7.08. The number of nitrogens with zero attached hydrogens (tertiary/aromatic N) is 2. The van der Waals surface area contributed by atoms with Crippen molar-refractivity contribution in [3.8, 4) is 0 Å². The number of hydrogen-bond acceptors (Lipinski definition) is 3. The van der Waals surface area contributed by atoms with E-state index in [0.29, 0.717) is 0 Å². The number of nitrogens with one attached hydrogen (secondary N) is 1. The predicted molar refractivity (Wildman–Crippen MR) is 75.8 cm³/mol. The fraction of sp³-hybridized carbons (Fsp3) is 1.00. The van der Waals surface area contributed by atoms with Gasteiger partial charge in [0.1, 0.15) is 0 Å². The van der Waals surface area contributed by atoms with Crippen LogP contribution in [0.25, 0.3) is 0 Å². The third-order valence-corrected chi connectivity index (χ3v) is 4.81. The maximum Gasteiger partial charge on any atom is 0.0235 e. The van der Waals surface area contributed by atoms with Gasteiger partial charge in [0, 0.05) is 25.2 Å². The summed E-state index contributed by atoms with van der Waals surface area (Å²) in [5.74, 6) is 0.808. The molecule has 3 fully saturated rings. The van der Waals surface area contributed by atoms with Gasteiger partial charge in [0.15, 0.2) is 0 Å². The number of hydrogen-bond donors (Lipinski definition) is 1. The number of likely N-dealkylation sites (tertiary alicyclic amines) is 2. The maximum absolute atomic E-state index is 3.66. The second kappa shape index (κ2) is 5.89. The molecule has 2 atom stereocenters. The molecule has 0 aromatic heterocycles. The van der Waals surface area contributed by atoms with E-state index in [1.807, 2.05) is 0 Å². The molecule has 0 amide bonds. The van der Waals surface area contributed by atoms with E-state index in [2.05, 4.69) is 22.0 Å². The van der Waals surface area contributed by atoms with Gasteiger partial charge >= 0.3 is 0 Å². The Kier molecular flexibility index (Phi) is 4.22. The second-order valence-corrected chi connectivity index (χ2v) is 6.73. The van der Waals surface area contributed by atoms with E-state index in [9.17, 15) is 0 Å². The molecule has 1 aliphatic carbocycles. The molecular formula is C15H29N3. The smallest absolute Gasteiger partial charge is 0.0235 e. The fourth-order valence-electron chi connectivity index (χ4n) is 3.54. The van der Waals surface area contributed by atoms with Gasteiger partial charge in [0.05, 0.1) is 0 Å². The molecular weight excluding hydrogens is 222 g/mol. The van der Waals surface area contributed by atoms with Gasteiger partial charge in [-0.05, 0) is 64.2 Å². The van der Waals surface area contributed by atoms with Crippen molar-refractivity contribution in [1.29, 1.82) is 0 Å². The third kappa shape index (κ3) is 3.46. The van der Waals surface area contributed by atoms with Gasteiger partial charge in [-0.15, -0.1) is 0 Å². The van der Waals surface area contributed by atoms with Crippen molar-refractivity contribution in [3.05, 3.63) is 0 Å². The van der Waals surface area contributed by atoms with Crippen molar-refractivity contribution in [2.75, 3.05) is 39.3 Å². The zero-order valence-electron chi connectivity index (χ0n) is 11.9. The van der Waals surface area contributed by atoms with E-state index in [4.69, 9.17) is 0 Å². The van der Waals surface area contributed by atoms with Crippen molar-refractivity contribution < 1.29 is 0 Å². The van der Waals surface area contributed by atoms with Crippen LogP contribution in [0.1, 0.15) is 39.0 Å². The Labute approximate surface area is 112 Å². The van der Waals surface area contributed by atoms with Gasteiger partial charge in [0.25, 0.3) is 0 Å². The van der Waals surface area contributed by atoms with Crippen LogP contribution in [-0.4, -0.2) is 61.2 Å². The molecule has 18 heavy (non-hydrogen) atoms. The summed E-state index contributed by atoms with van der Waals surface area (Å²) >= 11 is 0. The van der Waals surface area contributed by atoms with Crippen molar-refractivity contribution in [1.82, 2.24) is 15.1 Å². The van der Waals surface area contributed by atoms with Crippen LogP contribution in [0, 0.1) is 5.92 Å². The Bertz CT molecular complexity index is 258. The SMILES string of the molecule is CC(CNC1CC1)CN1CCC(N2CCCC2)C1. The van der Waals surface area contributed by atoms with Crippen LogP contribution in [0.15, 0.2) is 0 Å². The summed E-state index contributed by atoms with van der Waals surface area (Å²) in [5, 5.41) is 3.66. The summed E-state index contributed by atoms with van der Waals surface area (Å²) in [7, 11) is 0. The first-order valence-corrected chi connectivity index (χ1v) is 8.01. The molecule has 2 saturated heterocycles. The molecule has 3 rings (SSSR count). The van der Waals surface area contributed by atoms with E-state index in [1.165, 1.54) is 71.4 Å². The van der Waals surface area contributed by atoms with E-state index in [1.54, 1.807) is 0 Å². The molecule has 0 spiro atoms. The zero-order valence-corrected chi connectivity index (χ0v) is 11.9. The standard InChI is InChI=1S/C15H29N3/c1-13(10-16-14-4-5-14)11-17-9-6-15(12-17)18-7-2-3-8-18/h13-16H,2-12H2,1H3. The summed E-state index contributed by atoms with van der Waals surface area (Å²) < 4.78 is 0. The van der Waals surface area contributed by atoms with E-state index >= 15 is 0 Å². The lowest BCUT2D eigenvalue weighted by Crippen LogP contribution is -2.37. The van der Waals surface area contributed by atoms with Crippen LogP contribution in [-0.2, 0) is 0 Å². The van der Waals surface area contributed by atoms with Crippen LogP contribution in [0.2, 0.25) is 0 Å². The molecule has 0 radical (unpaired) electrons. The summed E-state index contributed by atoms with van der Waals surface area (Å²) in [6.45, 7) is 10.3. The molecule has 3 heteroatoms. The van der Waals surface area contributed by atoms with Crippen molar-refractivity contribution in [3.63, 3.8) is 0 Å². The quantitative estimate of drug-likeness (QED) is 0.772. The normalized spacial score (nSPS) is 32.2. The molecule has 3 nitrogen and oxygen atoms in total. The Morgan fingerprint density at radius 3 is 2.61 bits per heavy atom. The maximum atomic E-state index is 3.66. The lowest BCUT2D eigenvalue weighted by atomic mass is 10.1. The Morgan fingerprint density at radius 1 is 1.11 bits per heavy atom. The minimum Gasteiger partial charge on any atom is -0.314 e. The molecule has 2 aliphatic heterocycles. The molecule has 0 aromatic carbocycles. The van der Waals surface area contributed by atoms with Crippen molar-refractivity contribution >= 4 is 0 Å². The molecule has 1 N–H and O–H groups in total. The van der Waals surface area contributed by atoms with Gasteiger partial charge in [-0.2, -0.15) is 0 Å². The fourth-order valence-corrected chi connectivity index (χ4v) is 3.54. The second-order valence-electron chi connectivity index (χ2n) is 6.73. The van der Waals surface area contributed by atoms with Crippen LogP contribution < -0.4 is 5.32 Å². The highest BCUT2D eigenvalue weighted by atomic mass is 15.3. The van der Waals surface area contributed by atoms with E-state index in [0.717, 1.165) is 18.0 Å². The highest BCUT2D eigenvalue weighted by Crippen LogP contribution is 2.22. The lowest BCUT2D eigenvalue weighted by Gasteiger charge is -2.25. The monoisotopic (exact) mass is 251 g/mol. The number of rotatable bonds is 6. The Morgan fingerprint density at radius 2 is 1.89 bits per heavy atom. The van der Waals surface area contributed by atoms with Crippen LogP contribution in [0.3, 0.4) is 0 Å². The average molecular weight is 251 g/mol. The summed E-state index contributed by atoms with van der Waals surface area (Å²) in [5.41, 5.74) is 0. The van der Waals surface area contributed by atoms with Gasteiger partial charge in [-0.1, -0.05) is 6.92 Å². The molecule has 2 heterocycles. The first kappa shape index (κ1) is 12.9. The van der Waals surface area contributed by atoms with E-state index < -0.39 is 0 Å². The van der Waals surface area contributed by atoms with Crippen LogP contribution in [0.4, 0.5) is 0 Å². The largest absolute Gasteiger partial charge is 0.314 e. The molecule has 3 aliphatic rings. The molecule has 0 bridgehead atoms. The van der Waals surface area contributed by atoms with Gasteiger partial charge in [-0.3, -0.25) is 4.90 Å².